The first-order valence-corrected chi connectivity index (χ1v) is 7.83. The van der Waals surface area contributed by atoms with Crippen LogP contribution in [-0.4, -0.2) is 9.66 Å². The Labute approximate surface area is 135 Å². The zero-order valence-corrected chi connectivity index (χ0v) is 13.7. The molecule has 0 fully saturated rings. The lowest BCUT2D eigenvalue weighted by molar-refractivity contribution is 0.647. The van der Waals surface area contributed by atoms with Gasteiger partial charge >= 0.3 is 0 Å². The summed E-state index contributed by atoms with van der Waals surface area (Å²) in [6.45, 7) is 6.37. The minimum Gasteiger partial charge on any atom is -0.334 e. The minimum absolute atomic E-state index is 0.226. The topological polar surface area (TPSA) is 60.9 Å². The monoisotopic (exact) mass is 307 g/mol. The molecular weight excluding hydrogens is 286 g/mol. The lowest BCUT2D eigenvalue weighted by Gasteiger charge is -2.10. The molecule has 3 aromatic rings. The third-order valence-electron chi connectivity index (χ3n) is 3.91. The van der Waals surface area contributed by atoms with Crippen molar-refractivity contribution in [3.05, 3.63) is 63.9 Å². The van der Waals surface area contributed by atoms with Crippen LogP contribution in [0, 0.1) is 12.8 Å². The van der Waals surface area contributed by atoms with E-state index in [4.69, 9.17) is 5.84 Å². The molecule has 0 aliphatic rings. The molecule has 0 aliphatic carbocycles. The third-order valence-corrected chi connectivity index (χ3v) is 3.91. The molecule has 0 spiro atoms. The molecule has 1 aromatic heterocycles. The molecule has 23 heavy (non-hydrogen) atoms. The Morgan fingerprint density at radius 2 is 1.83 bits per heavy atom. The van der Waals surface area contributed by atoms with Gasteiger partial charge in [-0.25, -0.2) is 9.66 Å². The molecule has 118 valence electrons. The Hall–Kier alpha value is -2.62. The first-order valence-electron chi connectivity index (χ1n) is 7.83. The van der Waals surface area contributed by atoms with E-state index in [1.807, 2.05) is 31.2 Å². The number of nitrogens with zero attached hydrogens (tertiary/aromatic N) is 2. The van der Waals surface area contributed by atoms with Crippen LogP contribution < -0.4 is 11.4 Å². The summed E-state index contributed by atoms with van der Waals surface area (Å²) in [5.41, 5.74) is 3.64. The fourth-order valence-corrected chi connectivity index (χ4v) is 2.77. The lowest BCUT2D eigenvalue weighted by Crippen LogP contribution is -2.29. The van der Waals surface area contributed by atoms with Crippen molar-refractivity contribution in [2.24, 2.45) is 5.92 Å². The van der Waals surface area contributed by atoms with Gasteiger partial charge in [0, 0.05) is 5.56 Å². The normalized spacial score (nSPS) is 11.3. The molecule has 4 nitrogen and oxygen atoms in total. The molecule has 4 heteroatoms. The summed E-state index contributed by atoms with van der Waals surface area (Å²) in [4.78, 5) is 17.0. The molecule has 1 heterocycles. The van der Waals surface area contributed by atoms with Crippen LogP contribution in [0.15, 0.2) is 47.3 Å². The Bertz CT molecular complexity index is 908. The van der Waals surface area contributed by atoms with Gasteiger partial charge < -0.3 is 5.84 Å². The number of hydrogen-bond acceptors (Lipinski definition) is 3. The highest BCUT2D eigenvalue weighted by Crippen LogP contribution is 2.20. The predicted octanol–water partition coefficient (Wildman–Crippen LogP) is 3.28. The number of aromatic nitrogens is 2. The Kier molecular flexibility index (Phi) is 3.90. The summed E-state index contributed by atoms with van der Waals surface area (Å²) in [7, 11) is 0. The average Bonchev–Trinajstić information content (AvgIpc) is 2.51. The van der Waals surface area contributed by atoms with E-state index in [0.29, 0.717) is 22.6 Å². The standard InChI is InChI=1S/C19H21N3O/c1-12(2)10-14-5-7-15(8-6-14)18-21-17-11-13(3)4-9-16(17)19(23)22(18)20/h4-9,11-12H,10,20H2,1-3H3. The number of nitrogen functional groups attached to an aromatic ring is 1. The number of benzene rings is 2. The maximum absolute atomic E-state index is 12.4. The van der Waals surface area contributed by atoms with Crippen LogP contribution in [0.5, 0.6) is 0 Å². The van der Waals surface area contributed by atoms with Crippen LogP contribution in [0.3, 0.4) is 0 Å². The molecule has 0 bridgehead atoms. The summed E-state index contributed by atoms with van der Waals surface area (Å²) in [5.74, 6) is 7.08. The highest BCUT2D eigenvalue weighted by Gasteiger charge is 2.11. The van der Waals surface area contributed by atoms with Crippen molar-refractivity contribution in [1.82, 2.24) is 9.66 Å². The van der Waals surface area contributed by atoms with Crippen LogP contribution in [0.2, 0.25) is 0 Å². The Balaban J connectivity index is 2.12. The second kappa shape index (κ2) is 5.88. The second-order valence-corrected chi connectivity index (χ2v) is 6.43. The molecule has 0 saturated heterocycles. The molecule has 3 rings (SSSR count). The van der Waals surface area contributed by atoms with Crippen molar-refractivity contribution < 1.29 is 0 Å². The van der Waals surface area contributed by atoms with E-state index in [1.54, 1.807) is 6.07 Å². The highest BCUT2D eigenvalue weighted by molar-refractivity contribution is 5.80. The fraction of sp³-hybridized carbons (Fsp3) is 0.263. The molecule has 0 unspecified atom stereocenters. The summed E-state index contributed by atoms with van der Waals surface area (Å²) in [5, 5.41) is 0.540. The molecule has 0 radical (unpaired) electrons. The van der Waals surface area contributed by atoms with Gasteiger partial charge in [0.25, 0.3) is 5.56 Å². The van der Waals surface area contributed by atoms with Crippen LogP contribution in [0.1, 0.15) is 25.0 Å². The zero-order valence-electron chi connectivity index (χ0n) is 13.7. The largest absolute Gasteiger partial charge is 0.334 e. The maximum atomic E-state index is 12.4. The summed E-state index contributed by atoms with van der Waals surface area (Å²) < 4.78 is 1.13. The number of rotatable bonds is 3. The minimum atomic E-state index is -0.226. The lowest BCUT2D eigenvalue weighted by atomic mass is 10.0. The molecule has 0 aliphatic heterocycles. The molecule has 0 amide bonds. The fourth-order valence-electron chi connectivity index (χ4n) is 2.77. The number of hydrogen-bond donors (Lipinski definition) is 1. The van der Waals surface area contributed by atoms with Gasteiger partial charge in [0.1, 0.15) is 0 Å². The van der Waals surface area contributed by atoms with E-state index in [-0.39, 0.29) is 5.56 Å². The van der Waals surface area contributed by atoms with E-state index in [1.165, 1.54) is 5.56 Å². The molecule has 2 N–H and O–H groups in total. The predicted molar refractivity (Wildman–Crippen MR) is 94.9 cm³/mol. The van der Waals surface area contributed by atoms with Gasteiger partial charge in [-0.15, -0.1) is 0 Å². The number of aryl methyl sites for hydroxylation is 1. The summed E-state index contributed by atoms with van der Waals surface area (Å²) in [6.07, 6.45) is 1.03. The van der Waals surface area contributed by atoms with Crippen molar-refractivity contribution in [1.29, 1.82) is 0 Å². The van der Waals surface area contributed by atoms with Crippen LogP contribution in [-0.2, 0) is 6.42 Å². The maximum Gasteiger partial charge on any atom is 0.280 e. The highest BCUT2D eigenvalue weighted by atomic mass is 16.1. The summed E-state index contributed by atoms with van der Waals surface area (Å²) >= 11 is 0. The average molecular weight is 307 g/mol. The van der Waals surface area contributed by atoms with Gasteiger partial charge in [0.2, 0.25) is 0 Å². The van der Waals surface area contributed by atoms with E-state index < -0.39 is 0 Å². The van der Waals surface area contributed by atoms with Gasteiger partial charge in [-0.3, -0.25) is 4.79 Å². The Morgan fingerprint density at radius 1 is 1.13 bits per heavy atom. The van der Waals surface area contributed by atoms with Crippen molar-refractivity contribution >= 4 is 10.9 Å². The number of nitrogens with two attached hydrogens (primary N) is 1. The Morgan fingerprint density at radius 3 is 2.48 bits per heavy atom. The second-order valence-electron chi connectivity index (χ2n) is 6.43. The zero-order chi connectivity index (χ0) is 16.6. The SMILES string of the molecule is Cc1ccc2c(=O)n(N)c(-c3ccc(CC(C)C)cc3)nc2c1. The van der Waals surface area contributed by atoms with Crippen LogP contribution in [0.25, 0.3) is 22.3 Å². The van der Waals surface area contributed by atoms with Gasteiger partial charge in [-0.05, 0) is 42.5 Å². The van der Waals surface area contributed by atoms with Gasteiger partial charge in [0.15, 0.2) is 5.82 Å². The first-order chi connectivity index (χ1) is 11.0. The first kappa shape index (κ1) is 15.3. The molecule has 2 aromatic carbocycles. The van der Waals surface area contributed by atoms with Crippen molar-refractivity contribution in [3.63, 3.8) is 0 Å². The van der Waals surface area contributed by atoms with Gasteiger partial charge in [0.05, 0.1) is 10.9 Å². The molecule has 0 saturated carbocycles. The third kappa shape index (κ3) is 2.97. The van der Waals surface area contributed by atoms with Crippen molar-refractivity contribution in [3.8, 4) is 11.4 Å². The smallest absolute Gasteiger partial charge is 0.280 e. The van der Waals surface area contributed by atoms with Gasteiger partial charge in [-0.1, -0.05) is 44.2 Å². The van der Waals surface area contributed by atoms with E-state index >= 15 is 0 Å². The van der Waals surface area contributed by atoms with Crippen molar-refractivity contribution in [2.75, 3.05) is 5.84 Å². The quantitative estimate of drug-likeness (QED) is 0.755. The van der Waals surface area contributed by atoms with Crippen LogP contribution >= 0.6 is 0 Å². The summed E-state index contributed by atoms with van der Waals surface area (Å²) in [6, 6.07) is 13.7. The number of fused-ring (bicyclic) bond motifs is 1. The molecular formula is C19H21N3O. The van der Waals surface area contributed by atoms with Gasteiger partial charge in [-0.2, -0.15) is 0 Å². The van der Waals surface area contributed by atoms with Crippen LogP contribution in [0.4, 0.5) is 0 Å². The van der Waals surface area contributed by atoms with E-state index in [9.17, 15) is 4.79 Å². The molecule has 0 atom stereocenters. The van der Waals surface area contributed by atoms with E-state index in [0.717, 1.165) is 22.2 Å². The van der Waals surface area contributed by atoms with E-state index in [2.05, 4.69) is 31.0 Å². The van der Waals surface area contributed by atoms with Crippen molar-refractivity contribution in [2.45, 2.75) is 27.2 Å².